The first-order chi connectivity index (χ1) is 17.0. The number of fused-ring (bicyclic) bond motifs is 1. The summed E-state index contributed by atoms with van der Waals surface area (Å²) >= 11 is 0. The van der Waals surface area contributed by atoms with E-state index in [4.69, 9.17) is 0 Å². The third-order valence-corrected chi connectivity index (χ3v) is 6.71. The van der Waals surface area contributed by atoms with Crippen molar-refractivity contribution in [2.45, 2.75) is 19.5 Å². The topological polar surface area (TPSA) is 53.4 Å². The number of rotatable bonds is 6. The Morgan fingerprint density at radius 2 is 1.66 bits per heavy atom. The minimum atomic E-state index is -0.209. The van der Waals surface area contributed by atoms with E-state index in [1.165, 1.54) is 18.1 Å². The summed E-state index contributed by atoms with van der Waals surface area (Å²) in [7, 11) is 1.91. The molecule has 0 aliphatic carbocycles. The average Bonchev–Trinajstić information content (AvgIpc) is 3.16. The fourth-order valence-electron chi connectivity index (χ4n) is 4.95. The highest BCUT2D eigenvalue weighted by Gasteiger charge is 2.26. The summed E-state index contributed by atoms with van der Waals surface area (Å²) in [5, 5.41) is 2.78. The highest BCUT2D eigenvalue weighted by molar-refractivity contribution is 5.89. The van der Waals surface area contributed by atoms with E-state index in [0.717, 1.165) is 49.3 Å². The number of hydrogen-bond donors (Lipinski definition) is 1. The number of piperazine rings is 1. The number of benzene rings is 3. The summed E-state index contributed by atoms with van der Waals surface area (Å²) in [6.45, 7) is 6.08. The molecule has 0 saturated carbocycles. The van der Waals surface area contributed by atoms with Crippen molar-refractivity contribution in [3.63, 3.8) is 0 Å². The zero-order valence-corrected chi connectivity index (χ0v) is 20.1. The molecular formula is C28H30FN5O. The first-order valence-electron chi connectivity index (χ1n) is 12.0. The van der Waals surface area contributed by atoms with Crippen molar-refractivity contribution in [3.8, 4) is 0 Å². The second-order valence-corrected chi connectivity index (χ2v) is 9.18. The molecule has 1 aliphatic rings. The van der Waals surface area contributed by atoms with Crippen LogP contribution in [-0.2, 0) is 18.4 Å². The molecule has 1 amide bonds. The lowest BCUT2D eigenvalue weighted by atomic mass is 9.96. The molecule has 35 heavy (non-hydrogen) atoms. The molecule has 6 nitrogen and oxygen atoms in total. The van der Waals surface area contributed by atoms with Crippen LogP contribution in [0.5, 0.6) is 0 Å². The number of aromatic nitrogens is 2. The minimum absolute atomic E-state index is 0.107. The van der Waals surface area contributed by atoms with Crippen LogP contribution in [0.4, 0.5) is 10.3 Å². The van der Waals surface area contributed by atoms with Gasteiger partial charge in [0.15, 0.2) is 0 Å². The molecule has 3 aromatic carbocycles. The molecule has 1 fully saturated rings. The molecule has 1 N–H and O–H groups in total. The fourth-order valence-corrected chi connectivity index (χ4v) is 4.95. The number of amides is 1. The molecule has 0 radical (unpaired) electrons. The third kappa shape index (κ3) is 5.11. The van der Waals surface area contributed by atoms with Gasteiger partial charge in [0.25, 0.3) is 0 Å². The van der Waals surface area contributed by atoms with Crippen LogP contribution in [0, 0.1) is 5.82 Å². The monoisotopic (exact) mass is 471 g/mol. The summed E-state index contributed by atoms with van der Waals surface area (Å²) in [5.74, 6) is 0.224. The Bertz CT molecular complexity index is 1310. The predicted octanol–water partition coefficient (Wildman–Crippen LogP) is 4.58. The van der Waals surface area contributed by atoms with Gasteiger partial charge in [-0.3, -0.25) is 19.9 Å². The molecular weight excluding hydrogens is 441 g/mol. The molecule has 4 aromatic rings. The molecule has 1 aliphatic heterocycles. The van der Waals surface area contributed by atoms with Crippen LogP contribution < -0.4 is 5.32 Å². The van der Waals surface area contributed by atoms with Crippen LogP contribution in [-0.4, -0.2) is 51.4 Å². The van der Waals surface area contributed by atoms with E-state index in [1.807, 2.05) is 29.8 Å². The average molecular weight is 472 g/mol. The quantitative estimate of drug-likeness (QED) is 0.447. The van der Waals surface area contributed by atoms with Crippen LogP contribution in [0.25, 0.3) is 11.0 Å². The van der Waals surface area contributed by atoms with Crippen molar-refractivity contribution in [3.05, 3.63) is 95.3 Å². The summed E-state index contributed by atoms with van der Waals surface area (Å²) in [6, 6.07) is 23.8. The van der Waals surface area contributed by atoms with E-state index >= 15 is 0 Å². The van der Waals surface area contributed by atoms with Gasteiger partial charge < -0.3 is 4.57 Å². The van der Waals surface area contributed by atoms with Crippen molar-refractivity contribution >= 4 is 22.9 Å². The van der Waals surface area contributed by atoms with Gasteiger partial charge in [-0.25, -0.2) is 9.37 Å². The maximum absolute atomic E-state index is 13.6. The number of imidazole rings is 1. The number of anilines is 1. The summed E-state index contributed by atoms with van der Waals surface area (Å²) in [4.78, 5) is 21.0. The highest BCUT2D eigenvalue weighted by Crippen LogP contribution is 2.30. The van der Waals surface area contributed by atoms with Gasteiger partial charge in [-0.1, -0.05) is 48.5 Å². The summed E-state index contributed by atoms with van der Waals surface area (Å²) < 4.78 is 15.5. The van der Waals surface area contributed by atoms with Crippen LogP contribution >= 0.6 is 0 Å². The van der Waals surface area contributed by atoms with E-state index in [9.17, 15) is 9.18 Å². The number of carbonyl (C=O) groups is 1. The summed E-state index contributed by atoms with van der Waals surface area (Å²) in [5.41, 5.74) is 5.42. The van der Waals surface area contributed by atoms with Gasteiger partial charge in [-0.15, -0.1) is 0 Å². The minimum Gasteiger partial charge on any atom is -0.313 e. The van der Waals surface area contributed by atoms with Crippen molar-refractivity contribution in [2.75, 3.05) is 31.5 Å². The second kappa shape index (κ2) is 9.98. The maximum Gasteiger partial charge on any atom is 0.223 e. The van der Waals surface area contributed by atoms with Crippen LogP contribution in [0.3, 0.4) is 0 Å². The molecule has 7 heteroatoms. The van der Waals surface area contributed by atoms with Crippen LogP contribution in [0.1, 0.15) is 29.7 Å². The van der Waals surface area contributed by atoms with Gasteiger partial charge in [0.2, 0.25) is 11.9 Å². The van der Waals surface area contributed by atoms with E-state index in [2.05, 4.69) is 62.6 Å². The van der Waals surface area contributed by atoms with Crippen molar-refractivity contribution in [1.29, 1.82) is 0 Å². The van der Waals surface area contributed by atoms with Gasteiger partial charge in [-0.05, 0) is 41.0 Å². The molecule has 1 unspecified atom stereocenters. The first kappa shape index (κ1) is 23.2. The Balaban J connectivity index is 1.29. The van der Waals surface area contributed by atoms with Gasteiger partial charge in [0.05, 0.1) is 17.1 Å². The first-order valence-corrected chi connectivity index (χ1v) is 12.0. The highest BCUT2D eigenvalue weighted by atomic mass is 19.1. The van der Waals surface area contributed by atoms with Gasteiger partial charge in [0.1, 0.15) is 5.82 Å². The second-order valence-electron chi connectivity index (χ2n) is 9.18. The van der Waals surface area contributed by atoms with Crippen molar-refractivity contribution in [1.82, 2.24) is 19.4 Å². The lowest BCUT2D eigenvalue weighted by molar-refractivity contribution is -0.114. The molecule has 1 aromatic heterocycles. The number of carbonyl (C=O) groups excluding carboxylic acids is 1. The van der Waals surface area contributed by atoms with Gasteiger partial charge in [-0.2, -0.15) is 0 Å². The number of hydrogen-bond acceptors (Lipinski definition) is 4. The molecule has 1 atom stereocenters. The zero-order valence-electron chi connectivity index (χ0n) is 20.1. The molecule has 2 heterocycles. The molecule has 5 rings (SSSR count). The Morgan fingerprint density at radius 1 is 0.971 bits per heavy atom. The Hall–Kier alpha value is -3.55. The van der Waals surface area contributed by atoms with E-state index in [1.54, 1.807) is 12.1 Å². The van der Waals surface area contributed by atoms with E-state index in [-0.39, 0.29) is 17.8 Å². The fraction of sp³-hybridized carbons (Fsp3) is 0.286. The lowest BCUT2D eigenvalue weighted by Crippen LogP contribution is -2.47. The largest absolute Gasteiger partial charge is 0.313 e. The van der Waals surface area contributed by atoms with Crippen molar-refractivity contribution in [2.24, 2.45) is 7.05 Å². The standard InChI is InChI=1S/C28H30FN5O/c1-20(35)30-28-31-25-18-21(8-13-26(25)32(28)2)19-33-14-16-34(17-15-33)27(22-6-4-3-5-7-22)23-9-11-24(29)12-10-23/h3-13,18,27H,14-17,19H2,1-2H3,(H,30,31,35). The zero-order chi connectivity index (χ0) is 24.4. The number of aryl methyl sites for hydroxylation is 1. The third-order valence-electron chi connectivity index (χ3n) is 6.71. The SMILES string of the molecule is CC(=O)Nc1nc2cc(CN3CCN(C(c4ccccc4)c4ccc(F)cc4)CC3)ccc2n1C. The Morgan fingerprint density at radius 3 is 2.34 bits per heavy atom. The van der Waals surface area contributed by atoms with E-state index < -0.39 is 0 Å². The lowest BCUT2D eigenvalue weighted by Gasteiger charge is -2.39. The maximum atomic E-state index is 13.6. The Labute approximate surface area is 205 Å². The molecule has 0 bridgehead atoms. The molecule has 0 spiro atoms. The normalized spacial score (nSPS) is 15.9. The molecule has 1 saturated heterocycles. The summed E-state index contributed by atoms with van der Waals surface area (Å²) in [6.07, 6.45) is 0. The van der Waals surface area contributed by atoms with Gasteiger partial charge in [0, 0.05) is 46.7 Å². The van der Waals surface area contributed by atoms with Crippen LogP contribution in [0.15, 0.2) is 72.8 Å². The number of halogens is 1. The van der Waals surface area contributed by atoms with Crippen molar-refractivity contribution < 1.29 is 9.18 Å². The van der Waals surface area contributed by atoms with Crippen LogP contribution in [0.2, 0.25) is 0 Å². The smallest absolute Gasteiger partial charge is 0.223 e. The van der Waals surface area contributed by atoms with E-state index in [0.29, 0.717) is 5.95 Å². The number of nitrogens with zero attached hydrogens (tertiary/aromatic N) is 4. The molecule has 180 valence electrons. The van der Waals surface area contributed by atoms with Gasteiger partial charge >= 0.3 is 0 Å². The number of nitrogens with one attached hydrogen (secondary N) is 1. The Kier molecular flexibility index (Phi) is 6.61. The predicted molar refractivity (Wildman–Crippen MR) is 137 cm³/mol.